The summed E-state index contributed by atoms with van der Waals surface area (Å²) in [5, 5.41) is 6.76. The standard InChI is InChI=1S/C20H17ClF3N3O2/c1-13-2-6-15(7-3-13)27-18(20(22,23)24)17(12-26-27)19(28)25-10-11-29-16-8-4-14(21)5-9-16/h2-9,12H,10-11H2,1H3,(H,25,28). The van der Waals surface area contributed by atoms with Crippen LogP contribution in [-0.4, -0.2) is 28.8 Å². The molecule has 3 rings (SSSR count). The van der Waals surface area contributed by atoms with Gasteiger partial charge in [0.15, 0.2) is 5.69 Å². The average molecular weight is 424 g/mol. The lowest BCUT2D eigenvalue weighted by atomic mass is 10.2. The number of halogens is 4. The highest BCUT2D eigenvalue weighted by atomic mass is 35.5. The monoisotopic (exact) mass is 423 g/mol. The highest BCUT2D eigenvalue weighted by Gasteiger charge is 2.40. The van der Waals surface area contributed by atoms with E-state index in [4.69, 9.17) is 16.3 Å². The molecular formula is C20H17ClF3N3O2. The first kappa shape index (κ1) is 20.7. The maximum absolute atomic E-state index is 13.6. The van der Waals surface area contributed by atoms with Crippen LogP contribution in [0.5, 0.6) is 5.75 Å². The van der Waals surface area contributed by atoms with Crippen LogP contribution in [0.25, 0.3) is 5.69 Å². The Hall–Kier alpha value is -3.00. The van der Waals surface area contributed by atoms with Crippen molar-refractivity contribution >= 4 is 17.5 Å². The number of rotatable bonds is 6. The number of carbonyl (C=O) groups is 1. The molecule has 0 aliphatic carbocycles. The molecule has 5 nitrogen and oxygen atoms in total. The number of carbonyl (C=O) groups excluding carboxylic acids is 1. The van der Waals surface area contributed by atoms with Crippen LogP contribution in [0.3, 0.4) is 0 Å². The van der Waals surface area contributed by atoms with Crippen molar-refractivity contribution in [3.05, 3.63) is 76.6 Å². The molecule has 29 heavy (non-hydrogen) atoms. The van der Waals surface area contributed by atoms with Crippen molar-refractivity contribution < 1.29 is 22.7 Å². The maximum Gasteiger partial charge on any atom is 0.434 e. The van der Waals surface area contributed by atoms with Crippen LogP contribution in [0.1, 0.15) is 21.6 Å². The van der Waals surface area contributed by atoms with E-state index in [9.17, 15) is 18.0 Å². The molecule has 0 radical (unpaired) electrons. The summed E-state index contributed by atoms with van der Waals surface area (Å²) in [6.07, 6.45) is -3.84. The van der Waals surface area contributed by atoms with Crippen LogP contribution in [0.2, 0.25) is 5.02 Å². The Kier molecular flexibility index (Phi) is 6.12. The van der Waals surface area contributed by atoms with Crippen molar-refractivity contribution in [2.24, 2.45) is 0 Å². The molecule has 0 aliphatic rings. The molecule has 1 heterocycles. The summed E-state index contributed by atoms with van der Waals surface area (Å²) >= 11 is 5.78. The van der Waals surface area contributed by atoms with Gasteiger partial charge in [0.2, 0.25) is 0 Å². The molecule has 3 aromatic rings. The third-order valence-corrected chi connectivity index (χ3v) is 4.28. The molecule has 1 N–H and O–H groups in total. The summed E-state index contributed by atoms with van der Waals surface area (Å²) in [5.41, 5.74) is -0.566. The highest BCUT2D eigenvalue weighted by Crippen LogP contribution is 2.33. The van der Waals surface area contributed by atoms with E-state index in [1.165, 1.54) is 12.1 Å². The lowest BCUT2D eigenvalue weighted by Gasteiger charge is -2.13. The number of aromatic nitrogens is 2. The van der Waals surface area contributed by atoms with E-state index in [1.807, 2.05) is 6.92 Å². The maximum atomic E-state index is 13.6. The van der Waals surface area contributed by atoms with Gasteiger partial charge in [-0.25, -0.2) is 4.68 Å². The summed E-state index contributed by atoms with van der Waals surface area (Å²) in [5.74, 6) is -0.345. The second kappa shape index (κ2) is 8.57. The highest BCUT2D eigenvalue weighted by molar-refractivity contribution is 6.30. The molecule has 1 aromatic heterocycles. The number of alkyl halides is 3. The summed E-state index contributed by atoms with van der Waals surface area (Å²) < 4.78 is 47.0. The first-order valence-electron chi connectivity index (χ1n) is 8.64. The van der Waals surface area contributed by atoms with E-state index in [2.05, 4.69) is 10.4 Å². The molecule has 0 bridgehead atoms. The van der Waals surface area contributed by atoms with Crippen molar-refractivity contribution in [2.75, 3.05) is 13.2 Å². The Morgan fingerprint density at radius 2 is 1.79 bits per heavy atom. The number of hydrogen-bond acceptors (Lipinski definition) is 3. The molecule has 0 unspecified atom stereocenters. The van der Waals surface area contributed by atoms with E-state index in [-0.39, 0.29) is 18.8 Å². The zero-order chi connectivity index (χ0) is 21.0. The fourth-order valence-electron chi connectivity index (χ4n) is 2.63. The Balaban J connectivity index is 1.71. The molecule has 0 spiro atoms. The third kappa shape index (κ3) is 5.08. The fourth-order valence-corrected chi connectivity index (χ4v) is 2.75. The van der Waals surface area contributed by atoms with Gasteiger partial charge in [-0.1, -0.05) is 29.3 Å². The molecule has 0 fully saturated rings. The van der Waals surface area contributed by atoms with Crippen molar-refractivity contribution in [1.82, 2.24) is 15.1 Å². The van der Waals surface area contributed by atoms with Gasteiger partial charge >= 0.3 is 6.18 Å². The molecule has 0 aliphatic heterocycles. The van der Waals surface area contributed by atoms with E-state index in [0.29, 0.717) is 10.8 Å². The SMILES string of the molecule is Cc1ccc(-n2ncc(C(=O)NCCOc3ccc(Cl)cc3)c2C(F)(F)F)cc1. The van der Waals surface area contributed by atoms with Crippen LogP contribution in [0, 0.1) is 6.92 Å². The Morgan fingerprint density at radius 3 is 2.41 bits per heavy atom. The van der Waals surface area contributed by atoms with Gasteiger partial charge in [0.1, 0.15) is 12.4 Å². The second-order valence-electron chi connectivity index (χ2n) is 6.21. The van der Waals surface area contributed by atoms with Gasteiger partial charge < -0.3 is 10.1 Å². The summed E-state index contributed by atoms with van der Waals surface area (Å²) in [7, 11) is 0. The molecule has 9 heteroatoms. The predicted molar refractivity (Wildman–Crippen MR) is 103 cm³/mol. The quantitative estimate of drug-likeness (QED) is 0.586. The van der Waals surface area contributed by atoms with Gasteiger partial charge in [-0.15, -0.1) is 0 Å². The Bertz CT molecular complexity index is 984. The van der Waals surface area contributed by atoms with Crippen LogP contribution in [-0.2, 0) is 6.18 Å². The smallest absolute Gasteiger partial charge is 0.434 e. The van der Waals surface area contributed by atoms with E-state index in [0.717, 1.165) is 16.4 Å². The van der Waals surface area contributed by atoms with Crippen LogP contribution >= 0.6 is 11.6 Å². The third-order valence-electron chi connectivity index (χ3n) is 4.03. The van der Waals surface area contributed by atoms with Gasteiger partial charge in [-0.05, 0) is 43.3 Å². The predicted octanol–water partition coefficient (Wildman–Crippen LogP) is 4.66. The summed E-state index contributed by atoms with van der Waals surface area (Å²) in [6.45, 7) is 1.93. The molecule has 0 saturated heterocycles. The topological polar surface area (TPSA) is 56.2 Å². The van der Waals surface area contributed by atoms with E-state index >= 15 is 0 Å². The van der Waals surface area contributed by atoms with Crippen molar-refractivity contribution in [2.45, 2.75) is 13.1 Å². The lowest BCUT2D eigenvalue weighted by Crippen LogP contribution is -2.30. The van der Waals surface area contributed by atoms with Gasteiger partial charge in [0.25, 0.3) is 5.91 Å². The number of ether oxygens (including phenoxy) is 1. The number of nitrogens with one attached hydrogen (secondary N) is 1. The van der Waals surface area contributed by atoms with Crippen LogP contribution < -0.4 is 10.1 Å². The zero-order valence-corrected chi connectivity index (χ0v) is 16.1. The Morgan fingerprint density at radius 1 is 1.14 bits per heavy atom. The first-order chi connectivity index (χ1) is 13.8. The van der Waals surface area contributed by atoms with Crippen LogP contribution in [0.15, 0.2) is 54.7 Å². The number of hydrogen-bond donors (Lipinski definition) is 1. The number of amides is 1. The van der Waals surface area contributed by atoms with E-state index in [1.54, 1.807) is 36.4 Å². The van der Waals surface area contributed by atoms with E-state index < -0.39 is 23.3 Å². The summed E-state index contributed by atoms with van der Waals surface area (Å²) in [6, 6.07) is 13.0. The molecule has 152 valence electrons. The molecule has 0 atom stereocenters. The summed E-state index contributed by atoms with van der Waals surface area (Å²) in [4.78, 5) is 12.3. The molecule has 0 saturated carbocycles. The minimum absolute atomic E-state index is 0.0223. The van der Waals surface area contributed by atoms with Crippen molar-refractivity contribution in [3.8, 4) is 11.4 Å². The lowest BCUT2D eigenvalue weighted by molar-refractivity contribution is -0.143. The van der Waals surface area contributed by atoms with Crippen LogP contribution in [0.4, 0.5) is 13.2 Å². The largest absolute Gasteiger partial charge is 0.492 e. The molecular weight excluding hydrogens is 407 g/mol. The van der Waals surface area contributed by atoms with Gasteiger partial charge in [-0.2, -0.15) is 18.3 Å². The normalized spacial score (nSPS) is 11.3. The van der Waals surface area contributed by atoms with Gasteiger partial charge in [-0.3, -0.25) is 4.79 Å². The average Bonchev–Trinajstić information content (AvgIpc) is 3.13. The van der Waals surface area contributed by atoms with Crippen molar-refractivity contribution in [1.29, 1.82) is 0 Å². The minimum atomic E-state index is -4.76. The number of benzene rings is 2. The fraction of sp³-hybridized carbons (Fsp3) is 0.200. The number of aryl methyl sites for hydroxylation is 1. The van der Waals surface area contributed by atoms with Gasteiger partial charge in [0.05, 0.1) is 24.0 Å². The van der Waals surface area contributed by atoms with Gasteiger partial charge in [0, 0.05) is 5.02 Å². The molecule has 1 amide bonds. The minimum Gasteiger partial charge on any atom is -0.492 e. The zero-order valence-electron chi connectivity index (χ0n) is 15.3. The van der Waals surface area contributed by atoms with Crippen molar-refractivity contribution in [3.63, 3.8) is 0 Å². The number of nitrogens with zero attached hydrogens (tertiary/aromatic N) is 2. The second-order valence-corrected chi connectivity index (χ2v) is 6.65. The first-order valence-corrected chi connectivity index (χ1v) is 9.02. The Labute approximate surface area is 170 Å². The molecule has 2 aromatic carbocycles.